The summed E-state index contributed by atoms with van der Waals surface area (Å²) in [6, 6.07) is 0. The van der Waals surface area contributed by atoms with Gasteiger partial charge >= 0.3 is 0 Å². The Morgan fingerprint density at radius 1 is 1.09 bits per heavy atom. The van der Waals surface area contributed by atoms with Gasteiger partial charge in [-0.05, 0) is 39.0 Å². The van der Waals surface area contributed by atoms with Crippen molar-refractivity contribution in [2.24, 2.45) is 5.92 Å². The fourth-order valence-corrected chi connectivity index (χ4v) is 2.47. The van der Waals surface area contributed by atoms with E-state index < -0.39 is 5.60 Å². The Labute approximate surface area is 141 Å². The van der Waals surface area contributed by atoms with Crippen molar-refractivity contribution in [3.63, 3.8) is 0 Å². The predicted octanol–water partition coefficient (Wildman–Crippen LogP) is 6.55. The lowest BCUT2D eigenvalue weighted by molar-refractivity contribution is -0.121. The van der Waals surface area contributed by atoms with Gasteiger partial charge in [0, 0.05) is 12.8 Å². The molecule has 1 atom stereocenters. The first-order valence-electron chi connectivity index (χ1n) is 9.63. The van der Waals surface area contributed by atoms with Crippen LogP contribution in [-0.2, 0) is 4.79 Å². The molecule has 0 amide bonds. The molecular formula is C20H44O2. The minimum absolute atomic E-state index is 0.450. The van der Waals surface area contributed by atoms with Gasteiger partial charge in [-0.25, -0.2) is 0 Å². The summed E-state index contributed by atoms with van der Waals surface area (Å²) >= 11 is 0. The molecule has 0 unspecified atom stereocenters. The highest BCUT2D eigenvalue weighted by atomic mass is 16.3. The Morgan fingerprint density at radius 3 is 1.95 bits per heavy atom. The minimum atomic E-state index is -0.450. The van der Waals surface area contributed by atoms with Crippen molar-refractivity contribution in [2.75, 3.05) is 0 Å². The fourth-order valence-electron chi connectivity index (χ4n) is 2.47. The average Bonchev–Trinajstić information content (AvgIpc) is 2.49. The van der Waals surface area contributed by atoms with Crippen LogP contribution in [0.15, 0.2) is 0 Å². The molecule has 2 nitrogen and oxygen atoms in total. The molecular weight excluding hydrogens is 272 g/mol. The molecule has 1 N–H and O–H groups in total. The molecule has 0 aliphatic heterocycles. The van der Waals surface area contributed by atoms with Crippen molar-refractivity contribution < 1.29 is 9.90 Å². The molecule has 0 spiro atoms. The zero-order valence-corrected chi connectivity index (χ0v) is 16.8. The van der Waals surface area contributed by atoms with Gasteiger partial charge < -0.3 is 5.11 Å². The first-order valence-corrected chi connectivity index (χ1v) is 9.63. The average molecular weight is 317 g/mol. The number of Topliss-reactive ketones (excluding diaryl/α,β-unsaturated/α-hetero) is 1. The first-order chi connectivity index (χ1) is 10.4. The number of carbonyl (C=O) groups excluding carboxylic acids is 1. The fraction of sp³-hybridized carbons (Fsp3) is 0.950. The molecule has 1 aliphatic rings. The van der Waals surface area contributed by atoms with Crippen LogP contribution < -0.4 is 0 Å². The third-order valence-electron chi connectivity index (χ3n) is 3.41. The maximum atomic E-state index is 11.0. The maximum absolute atomic E-state index is 11.0. The molecule has 1 rings (SSSR count). The van der Waals surface area contributed by atoms with Crippen molar-refractivity contribution in [1.82, 2.24) is 0 Å². The maximum Gasteiger partial charge on any atom is 0.133 e. The molecule has 0 bridgehead atoms. The van der Waals surface area contributed by atoms with Crippen LogP contribution in [0.4, 0.5) is 0 Å². The van der Waals surface area contributed by atoms with Gasteiger partial charge in [0.25, 0.3) is 0 Å². The van der Waals surface area contributed by atoms with E-state index in [1.165, 1.54) is 25.7 Å². The SMILES string of the molecule is CC.CC.CCCC(C)(C)O.CCCC[C@@H]1CCCC(=O)C1. The predicted molar refractivity (Wildman–Crippen MR) is 100 cm³/mol. The van der Waals surface area contributed by atoms with E-state index in [1.807, 2.05) is 41.5 Å². The number of rotatable bonds is 5. The van der Waals surface area contributed by atoms with Crippen molar-refractivity contribution in [2.45, 2.75) is 119 Å². The van der Waals surface area contributed by atoms with E-state index in [0.29, 0.717) is 5.78 Å². The van der Waals surface area contributed by atoms with Gasteiger partial charge in [0.05, 0.1) is 5.60 Å². The van der Waals surface area contributed by atoms with E-state index in [0.717, 1.165) is 38.0 Å². The third kappa shape index (κ3) is 21.9. The second-order valence-corrected chi connectivity index (χ2v) is 6.21. The van der Waals surface area contributed by atoms with Crippen LogP contribution in [0.1, 0.15) is 113 Å². The summed E-state index contributed by atoms with van der Waals surface area (Å²) in [7, 11) is 0. The molecule has 136 valence electrons. The molecule has 0 saturated heterocycles. The molecule has 1 saturated carbocycles. The summed E-state index contributed by atoms with van der Waals surface area (Å²) in [5.74, 6) is 1.23. The van der Waals surface area contributed by atoms with Crippen LogP contribution in [0.2, 0.25) is 0 Å². The van der Waals surface area contributed by atoms with Crippen molar-refractivity contribution in [3.05, 3.63) is 0 Å². The topological polar surface area (TPSA) is 37.3 Å². The molecule has 0 radical (unpaired) electrons. The van der Waals surface area contributed by atoms with Crippen molar-refractivity contribution in [1.29, 1.82) is 0 Å². The molecule has 1 aliphatic carbocycles. The monoisotopic (exact) mass is 316 g/mol. The van der Waals surface area contributed by atoms with Crippen LogP contribution in [-0.4, -0.2) is 16.5 Å². The van der Waals surface area contributed by atoms with Gasteiger partial charge in [-0.1, -0.05) is 67.2 Å². The number of aliphatic hydroxyl groups is 1. The highest BCUT2D eigenvalue weighted by Crippen LogP contribution is 2.25. The van der Waals surface area contributed by atoms with E-state index >= 15 is 0 Å². The molecule has 0 aromatic carbocycles. The van der Waals surface area contributed by atoms with Gasteiger partial charge in [0.2, 0.25) is 0 Å². The Balaban J connectivity index is -0.000000285. The summed E-state index contributed by atoms with van der Waals surface area (Å²) in [6.07, 6.45) is 9.98. The summed E-state index contributed by atoms with van der Waals surface area (Å²) < 4.78 is 0. The van der Waals surface area contributed by atoms with Crippen molar-refractivity contribution in [3.8, 4) is 0 Å². The summed E-state index contributed by atoms with van der Waals surface area (Å²) in [5.41, 5.74) is -0.450. The summed E-state index contributed by atoms with van der Waals surface area (Å²) in [4.78, 5) is 11.0. The van der Waals surface area contributed by atoms with Crippen LogP contribution in [0.5, 0.6) is 0 Å². The standard InChI is InChI=1S/C10H18O.C6H14O.2C2H6/c1-2-3-5-9-6-4-7-10(11)8-9;1-4-5-6(2,3)7;2*1-2/h9H,2-8H2,1H3;7H,4-5H2,1-3H3;2*1-2H3/t9-;;;/m1.../s1. The van der Waals surface area contributed by atoms with Crippen LogP contribution in [0, 0.1) is 5.92 Å². The highest BCUT2D eigenvalue weighted by molar-refractivity contribution is 5.79. The Bertz CT molecular complexity index is 216. The second kappa shape index (κ2) is 18.7. The number of unbranched alkanes of at least 4 members (excludes halogenated alkanes) is 1. The number of carbonyl (C=O) groups is 1. The van der Waals surface area contributed by atoms with Crippen LogP contribution in [0.25, 0.3) is 0 Å². The van der Waals surface area contributed by atoms with E-state index in [1.54, 1.807) is 0 Å². The van der Waals surface area contributed by atoms with Crippen molar-refractivity contribution >= 4 is 5.78 Å². The quantitative estimate of drug-likeness (QED) is 0.624. The largest absolute Gasteiger partial charge is 0.390 e. The van der Waals surface area contributed by atoms with Crippen LogP contribution >= 0.6 is 0 Å². The lowest BCUT2D eigenvalue weighted by Crippen LogP contribution is -2.16. The van der Waals surface area contributed by atoms with Gasteiger partial charge in [0.15, 0.2) is 0 Å². The van der Waals surface area contributed by atoms with Gasteiger partial charge in [-0.3, -0.25) is 4.79 Å². The zero-order chi connectivity index (χ0) is 18.0. The molecule has 22 heavy (non-hydrogen) atoms. The smallest absolute Gasteiger partial charge is 0.133 e. The molecule has 0 heterocycles. The number of hydrogen-bond acceptors (Lipinski definition) is 2. The van der Waals surface area contributed by atoms with Gasteiger partial charge in [-0.15, -0.1) is 0 Å². The molecule has 1 fully saturated rings. The van der Waals surface area contributed by atoms with E-state index in [4.69, 9.17) is 5.11 Å². The van der Waals surface area contributed by atoms with Crippen LogP contribution in [0.3, 0.4) is 0 Å². The summed E-state index contributed by atoms with van der Waals surface area (Å²) in [6.45, 7) is 15.9. The first kappa shape index (κ1) is 26.5. The van der Waals surface area contributed by atoms with Gasteiger partial charge in [0.1, 0.15) is 5.78 Å². The molecule has 2 heteroatoms. The summed E-state index contributed by atoms with van der Waals surface area (Å²) in [5, 5.41) is 9.02. The minimum Gasteiger partial charge on any atom is -0.390 e. The van der Waals surface area contributed by atoms with E-state index in [2.05, 4.69) is 13.8 Å². The molecule has 0 aromatic rings. The Hall–Kier alpha value is -0.370. The zero-order valence-electron chi connectivity index (χ0n) is 16.8. The van der Waals surface area contributed by atoms with E-state index in [-0.39, 0.29) is 0 Å². The Kier molecular flexibility index (Phi) is 22.5. The number of hydrogen-bond donors (Lipinski definition) is 1. The second-order valence-electron chi connectivity index (χ2n) is 6.21. The third-order valence-corrected chi connectivity index (χ3v) is 3.41. The lowest BCUT2D eigenvalue weighted by Gasteiger charge is -2.19. The van der Waals surface area contributed by atoms with Gasteiger partial charge in [-0.2, -0.15) is 0 Å². The molecule has 0 aromatic heterocycles. The Morgan fingerprint density at radius 2 is 1.64 bits per heavy atom. The van der Waals surface area contributed by atoms with E-state index in [9.17, 15) is 4.79 Å². The normalized spacial score (nSPS) is 17.1. The number of ketones is 1. The highest BCUT2D eigenvalue weighted by Gasteiger charge is 2.18. The lowest BCUT2D eigenvalue weighted by atomic mass is 9.85.